The molecule has 0 unspecified atom stereocenters. The van der Waals surface area contributed by atoms with Gasteiger partial charge in [0.15, 0.2) is 5.78 Å². The summed E-state index contributed by atoms with van der Waals surface area (Å²) in [7, 11) is 0. The van der Waals surface area contributed by atoms with Gasteiger partial charge in [-0.15, -0.1) is 0 Å². The molecule has 0 spiro atoms. The quantitative estimate of drug-likeness (QED) is 0.415. The van der Waals surface area contributed by atoms with Crippen molar-refractivity contribution in [2.75, 3.05) is 11.5 Å². The number of anilines is 2. The molecule has 0 aromatic heterocycles. The van der Waals surface area contributed by atoms with Crippen molar-refractivity contribution in [2.24, 2.45) is 0 Å². The molecular weight excluding hydrogens is 216 g/mol. The maximum atomic E-state index is 12.0. The van der Waals surface area contributed by atoms with Gasteiger partial charge in [0.2, 0.25) is 0 Å². The predicted molar refractivity (Wildman–Crippen MR) is 66.8 cm³/mol. The molecule has 0 bridgehead atoms. The van der Waals surface area contributed by atoms with Crippen LogP contribution in [-0.2, 0) is 0 Å². The van der Waals surface area contributed by atoms with E-state index in [0.29, 0.717) is 16.8 Å². The average molecular weight is 228 g/mol. The summed E-state index contributed by atoms with van der Waals surface area (Å²) in [6, 6.07) is 11.0. The Morgan fingerprint density at radius 2 is 1.53 bits per heavy atom. The van der Waals surface area contributed by atoms with E-state index in [4.69, 9.17) is 11.5 Å². The van der Waals surface area contributed by atoms with Gasteiger partial charge >= 0.3 is 0 Å². The molecule has 0 fully saturated rings. The van der Waals surface area contributed by atoms with Crippen LogP contribution in [0.25, 0.3) is 0 Å². The highest BCUT2D eigenvalue weighted by atomic mass is 16.3. The van der Waals surface area contributed by atoms with Crippen LogP contribution in [0, 0.1) is 0 Å². The summed E-state index contributed by atoms with van der Waals surface area (Å²) < 4.78 is 0. The Bertz CT molecular complexity index is 562. The van der Waals surface area contributed by atoms with Crippen molar-refractivity contribution in [3.8, 4) is 5.75 Å². The molecule has 2 aromatic rings. The molecule has 86 valence electrons. The lowest BCUT2D eigenvalue weighted by molar-refractivity contribution is 0.103. The van der Waals surface area contributed by atoms with E-state index < -0.39 is 0 Å². The zero-order chi connectivity index (χ0) is 12.4. The SMILES string of the molecule is Nc1ccc(C(=O)c2ccc(O)c(N)c2)cc1. The van der Waals surface area contributed by atoms with E-state index in [9.17, 15) is 9.90 Å². The number of phenols is 1. The summed E-state index contributed by atoms with van der Waals surface area (Å²) in [6.45, 7) is 0. The van der Waals surface area contributed by atoms with Gasteiger partial charge in [0.25, 0.3) is 0 Å². The van der Waals surface area contributed by atoms with E-state index in [-0.39, 0.29) is 17.2 Å². The Hall–Kier alpha value is -2.49. The topological polar surface area (TPSA) is 89.3 Å². The number of carbonyl (C=O) groups is 1. The normalized spacial score (nSPS) is 10.1. The van der Waals surface area contributed by atoms with E-state index in [2.05, 4.69) is 0 Å². The van der Waals surface area contributed by atoms with Gasteiger partial charge in [0, 0.05) is 16.8 Å². The van der Waals surface area contributed by atoms with Gasteiger partial charge in [-0.05, 0) is 42.5 Å². The van der Waals surface area contributed by atoms with Crippen LogP contribution in [-0.4, -0.2) is 10.9 Å². The summed E-state index contributed by atoms with van der Waals surface area (Å²) in [4.78, 5) is 12.0. The van der Waals surface area contributed by atoms with Crippen LogP contribution < -0.4 is 11.5 Å². The van der Waals surface area contributed by atoms with Crippen LogP contribution in [0.2, 0.25) is 0 Å². The first-order chi connectivity index (χ1) is 8.08. The van der Waals surface area contributed by atoms with E-state index in [1.165, 1.54) is 18.2 Å². The Morgan fingerprint density at radius 1 is 0.941 bits per heavy atom. The molecule has 2 rings (SSSR count). The summed E-state index contributed by atoms with van der Waals surface area (Å²) in [5.74, 6) is -0.185. The van der Waals surface area contributed by atoms with Crippen molar-refractivity contribution in [3.05, 3.63) is 53.6 Å². The number of ketones is 1. The highest BCUT2D eigenvalue weighted by Crippen LogP contribution is 2.22. The minimum atomic E-state index is -0.156. The molecule has 0 atom stereocenters. The van der Waals surface area contributed by atoms with Gasteiger partial charge in [0.1, 0.15) is 5.75 Å². The lowest BCUT2D eigenvalue weighted by Crippen LogP contribution is -2.02. The third-order valence-corrected chi connectivity index (χ3v) is 2.46. The van der Waals surface area contributed by atoms with Crippen LogP contribution in [0.5, 0.6) is 5.75 Å². The highest BCUT2D eigenvalue weighted by molar-refractivity contribution is 6.09. The van der Waals surface area contributed by atoms with Crippen LogP contribution in [0.15, 0.2) is 42.5 Å². The fourth-order valence-corrected chi connectivity index (χ4v) is 1.50. The molecule has 0 saturated heterocycles. The third kappa shape index (κ3) is 2.20. The third-order valence-electron chi connectivity index (χ3n) is 2.46. The number of hydrogen-bond acceptors (Lipinski definition) is 4. The number of phenolic OH excluding ortho intramolecular Hbond substituents is 1. The van der Waals surface area contributed by atoms with E-state index in [1.807, 2.05) is 0 Å². The van der Waals surface area contributed by atoms with Crippen molar-refractivity contribution >= 4 is 17.2 Å². The standard InChI is InChI=1S/C13H12N2O2/c14-10-4-1-8(2-5-10)13(17)9-3-6-12(16)11(15)7-9/h1-7,16H,14-15H2. The molecular formula is C13H12N2O2. The average Bonchev–Trinajstić information content (AvgIpc) is 2.33. The molecule has 0 amide bonds. The lowest BCUT2D eigenvalue weighted by Gasteiger charge is -2.04. The van der Waals surface area contributed by atoms with Crippen LogP contribution in [0.3, 0.4) is 0 Å². The van der Waals surface area contributed by atoms with E-state index in [1.54, 1.807) is 24.3 Å². The Balaban J connectivity index is 2.37. The zero-order valence-electron chi connectivity index (χ0n) is 9.05. The van der Waals surface area contributed by atoms with E-state index in [0.717, 1.165) is 0 Å². The minimum absolute atomic E-state index is 0.0288. The molecule has 0 radical (unpaired) electrons. The highest BCUT2D eigenvalue weighted by Gasteiger charge is 2.10. The van der Waals surface area contributed by atoms with Crippen LogP contribution >= 0.6 is 0 Å². The first-order valence-corrected chi connectivity index (χ1v) is 5.06. The molecule has 4 heteroatoms. The monoisotopic (exact) mass is 228 g/mol. The fraction of sp³-hybridized carbons (Fsp3) is 0. The van der Waals surface area contributed by atoms with Gasteiger partial charge in [-0.1, -0.05) is 0 Å². The number of rotatable bonds is 2. The Kier molecular flexibility index (Phi) is 2.70. The van der Waals surface area contributed by atoms with Gasteiger partial charge in [0.05, 0.1) is 5.69 Å². The van der Waals surface area contributed by atoms with Crippen molar-refractivity contribution in [3.63, 3.8) is 0 Å². The number of hydrogen-bond donors (Lipinski definition) is 3. The molecule has 4 nitrogen and oxygen atoms in total. The number of benzene rings is 2. The van der Waals surface area contributed by atoms with Gasteiger partial charge in [-0.25, -0.2) is 0 Å². The summed E-state index contributed by atoms with van der Waals surface area (Å²) in [5.41, 5.74) is 12.8. The molecule has 0 heterocycles. The summed E-state index contributed by atoms with van der Waals surface area (Å²) in [6.07, 6.45) is 0. The molecule has 17 heavy (non-hydrogen) atoms. The second-order valence-corrected chi connectivity index (χ2v) is 3.72. The van der Waals surface area contributed by atoms with E-state index >= 15 is 0 Å². The van der Waals surface area contributed by atoms with Crippen LogP contribution in [0.1, 0.15) is 15.9 Å². The van der Waals surface area contributed by atoms with Gasteiger partial charge in [-0.3, -0.25) is 4.79 Å². The smallest absolute Gasteiger partial charge is 0.193 e. The molecule has 0 aliphatic rings. The molecule has 0 aliphatic carbocycles. The van der Waals surface area contributed by atoms with Crippen molar-refractivity contribution in [1.82, 2.24) is 0 Å². The van der Waals surface area contributed by atoms with Gasteiger partial charge < -0.3 is 16.6 Å². The Labute approximate surface area is 98.5 Å². The summed E-state index contributed by atoms with van der Waals surface area (Å²) >= 11 is 0. The fourth-order valence-electron chi connectivity index (χ4n) is 1.50. The first kappa shape index (κ1) is 11.0. The molecule has 2 aromatic carbocycles. The van der Waals surface area contributed by atoms with Crippen molar-refractivity contribution in [2.45, 2.75) is 0 Å². The van der Waals surface area contributed by atoms with Crippen molar-refractivity contribution < 1.29 is 9.90 Å². The first-order valence-electron chi connectivity index (χ1n) is 5.06. The summed E-state index contributed by atoms with van der Waals surface area (Å²) in [5, 5.41) is 9.28. The number of nitrogens with two attached hydrogens (primary N) is 2. The lowest BCUT2D eigenvalue weighted by atomic mass is 10.0. The zero-order valence-corrected chi connectivity index (χ0v) is 9.05. The Morgan fingerprint density at radius 3 is 2.12 bits per heavy atom. The maximum Gasteiger partial charge on any atom is 0.193 e. The number of carbonyl (C=O) groups excluding carboxylic acids is 1. The van der Waals surface area contributed by atoms with Crippen LogP contribution in [0.4, 0.5) is 11.4 Å². The molecule has 5 N–H and O–H groups in total. The second-order valence-electron chi connectivity index (χ2n) is 3.72. The predicted octanol–water partition coefficient (Wildman–Crippen LogP) is 1.79. The number of nitrogen functional groups attached to an aromatic ring is 2. The largest absolute Gasteiger partial charge is 0.506 e. The molecule has 0 saturated carbocycles. The van der Waals surface area contributed by atoms with Gasteiger partial charge in [-0.2, -0.15) is 0 Å². The molecule has 0 aliphatic heterocycles. The maximum absolute atomic E-state index is 12.0. The second kappa shape index (κ2) is 4.17. The minimum Gasteiger partial charge on any atom is -0.506 e. The van der Waals surface area contributed by atoms with Crippen molar-refractivity contribution in [1.29, 1.82) is 0 Å². The number of aromatic hydroxyl groups is 1.